The molecular weight excluding hydrogens is 373 g/mol. The second kappa shape index (κ2) is 9.08. The third kappa shape index (κ3) is 4.42. The van der Waals surface area contributed by atoms with E-state index in [0.29, 0.717) is 31.2 Å². The number of nitrogens with zero attached hydrogens (tertiary/aromatic N) is 1. The summed E-state index contributed by atoms with van der Waals surface area (Å²) < 4.78 is 13.4. The van der Waals surface area contributed by atoms with E-state index < -0.39 is 41.3 Å². The Morgan fingerprint density at radius 3 is 2.38 bits per heavy atom. The first-order valence-corrected chi connectivity index (χ1v) is 9.96. The summed E-state index contributed by atoms with van der Waals surface area (Å²) >= 11 is 0. The van der Waals surface area contributed by atoms with E-state index in [-0.39, 0.29) is 0 Å². The van der Waals surface area contributed by atoms with Gasteiger partial charge in [0.1, 0.15) is 23.4 Å². The SMILES string of the molecule is C#CC(CC)(CC)NC(=O)CN1C(=O)NC(CCCC)(c2ccc(F)cc2)C1=O. The normalized spacial score (nSPS) is 19.1. The number of carbonyl (C=O) groups is 3. The maximum atomic E-state index is 13.4. The lowest BCUT2D eigenvalue weighted by Gasteiger charge is -2.29. The molecule has 2 rings (SSSR count). The molecule has 1 heterocycles. The molecule has 1 atom stereocenters. The zero-order valence-corrected chi connectivity index (χ0v) is 17.2. The fourth-order valence-electron chi connectivity index (χ4n) is 3.57. The van der Waals surface area contributed by atoms with Gasteiger partial charge in [-0.1, -0.05) is 51.7 Å². The predicted octanol–water partition coefficient (Wildman–Crippen LogP) is 3.07. The van der Waals surface area contributed by atoms with E-state index in [1.807, 2.05) is 20.8 Å². The summed E-state index contributed by atoms with van der Waals surface area (Å²) in [7, 11) is 0. The van der Waals surface area contributed by atoms with Crippen LogP contribution in [0.15, 0.2) is 24.3 Å². The maximum Gasteiger partial charge on any atom is 0.325 e. The van der Waals surface area contributed by atoms with Crippen LogP contribution in [0.3, 0.4) is 0 Å². The van der Waals surface area contributed by atoms with Gasteiger partial charge in [0.25, 0.3) is 5.91 Å². The molecule has 0 aliphatic carbocycles. The van der Waals surface area contributed by atoms with E-state index in [1.54, 1.807) is 0 Å². The van der Waals surface area contributed by atoms with Gasteiger partial charge in [-0.15, -0.1) is 6.42 Å². The molecule has 1 aliphatic rings. The highest BCUT2D eigenvalue weighted by Crippen LogP contribution is 2.34. The number of amides is 4. The van der Waals surface area contributed by atoms with E-state index in [2.05, 4.69) is 16.6 Å². The largest absolute Gasteiger partial charge is 0.338 e. The molecule has 1 unspecified atom stereocenters. The molecule has 156 valence electrons. The van der Waals surface area contributed by atoms with Crippen molar-refractivity contribution in [2.75, 3.05) is 6.54 Å². The standard InChI is InChI=1S/C22H28FN3O3/c1-5-9-14-22(16-10-12-17(23)13-11-16)19(28)26(20(29)25-22)15-18(27)24-21(6-2,7-3)8-4/h2,10-13H,5,7-9,14-15H2,1,3-4H3,(H,24,27)(H,25,29). The molecule has 0 saturated carbocycles. The van der Waals surface area contributed by atoms with Crippen LogP contribution in [0, 0.1) is 18.2 Å². The number of unbranched alkanes of at least 4 members (excludes halogenated alkanes) is 1. The molecule has 7 heteroatoms. The average Bonchev–Trinajstić information content (AvgIpc) is 2.96. The predicted molar refractivity (Wildman–Crippen MR) is 108 cm³/mol. The Bertz CT molecular complexity index is 812. The zero-order valence-electron chi connectivity index (χ0n) is 17.2. The number of urea groups is 1. The number of hydrogen-bond acceptors (Lipinski definition) is 3. The first-order chi connectivity index (χ1) is 13.8. The summed E-state index contributed by atoms with van der Waals surface area (Å²) in [5, 5.41) is 5.51. The van der Waals surface area contributed by atoms with Gasteiger partial charge in [-0.25, -0.2) is 9.18 Å². The Hall–Kier alpha value is -2.88. The molecule has 0 radical (unpaired) electrons. The van der Waals surface area contributed by atoms with Gasteiger partial charge in [0.05, 0.1) is 0 Å². The van der Waals surface area contributed by atoms with Gasteiger partial charge in [0.15, 0.2) is 0 Å². The number of hydrogen-bond donors (Lipinski definition) is 2. The molecule has 1 aromatic carbocycles. The first-order valence-electron chi connectivity index (χ1n) is 9.96. The topological polar surface area (TPSA) is 78.5 Å². The maximum absolute atomic E-state index is 13.4. The number of halogens is 1. The summed E-state index contributed by atoms with van der Waals surface area (Å²) in [6.07, 6.45) is 8.47. The lowest BCUT2D eigenvalue weighted by atomic mass is 9.84. The summed E-state index contributed by atoms with van der Waals surface area (Å²) in [5.41, 5.74) is -1.62. The quantitative estimate of drug-likeness (QED) is 0.493. The Morgan fingerprint density at radius 1 is 1.24 bits per heavy atom. The van der Waals surface area contributed by atoms with Gasteiger partial charge in [-0.2, -0.15) is 0 Å². The molecule has 6 nitrogen and oxygen atoms in total. The number of carbonyl (C=O) groups excluding carboxylic acids is 3. The van der Waals surface area contributed by atoms with Crippen molar-refractivity contribution < 1.29 is 18.8 Å². The fourth-order valence-corrected chi connectivity index (χ4v) is 3.57. The summed E-state index contributed by atoms with van der Waals surface area (Å²) in [6, 6.07) is 4.84. The Kier molecular flexibility index (Phi) is 7.02. The monoisotopic (exact) mass is 401 g/mol. The third-order valence-corrected chi connectivity index (χ3v) is 5.58. The van der Waals surface area contributed by atoms with Crippen LogP contribution >= 0.6 is 0 Å². The first kappa shape index (κ1) is 22.4. The van der Waals surface area contributed by atoms with E-state index in [1.165, 1.54) is 24.3 Å². The van der Waals surface area contributed by atoms with Gasteiger partial charge in [-0.3, -0.25) is 14.5 Å². The Labute approximate surface area is 171 Å². The van der Waals surface area contributed by atoms with Gasteiger partial charge in [0.2, 0.25) is 5.91 Å². The van der Waals surface area contributed by atoms with Crippen LogP contribution < -0.4 is 10.6 Å². The molecule has 0 bridgehead atoms. The van der Waals surface area contributed by atoms with Crippen molar-refractivity contribution in [2.45, 2.75) is 64.0 Å². The summed E-state index contributed by atoms with van der Waals surface area (Å²) in [4.78, 5) is 39.3. The number of imide groups is 1. The van der Waals surface area contributed by atoms with Gasteiger partial charge in [-0.05, 0) is 37.0 Å². The highest BCUT2D eigenvalue weighted by molar-refractivity contribution is 6.09. The molecule has 1 aromatic rings. The molecule has 1 saturated heterocycles. The molecule has 0 spiro atoms. The van der Waals surface area contributed by atoms with Crippen LogP contribution in [0.25, 0.3) is 0 Å². The fraction of sp³-hybridized carbons (Fsp3) is 0.500. The molecule has 1 fully saturated rings. The molecule has 2 N–H and O–H groups in total. The number of terminal acetylenes is 1. The van der Waals surface area contributed by atoms with Crippen molar-refractivity contribution in [1.29, 1.82) is 0 Å². The van der Waals surface area contributed by atoms with Crippen molar-refractivity contribution >= 4 is 17.8 Å². The van der Waals surface area contributed by atoms with Crippen LogP contribution in [-0.2, 0) is 15.1 Å². The van der Waals surface area contributed by atoms with E-state index in [0.717, 1.165) is 11.3 Å². The van der Waals surface area contributed by atoms with Gasteiger partial charge in [0, 0.05) is 0 Å². The Balaban J connectivity index is 2.28. The minimum absolute atomic E-state index is 0.357. The van der Waals surface area contributed by atoms with Crippen molar-refractivity contribution in [1.82, 2.24) is 15.5 Å². The number of rotatable bonds is 9. The lowest BCUT2D eigenvalue weighted by Crippen LogP contribution is -2.51. The highest BCUT2D eigenvalue weighted by Gasteiger charge is 2.52. The van der Waals surface area contributed by atoms with E-state index in [9.17, 15) is 18.8 Å². The second-order valence-electron chi connectivity index (χ2n) is 7.32. The molecule has 0 aromatic heterocycles. The minimum atomic E-state index is -1.31. The van der Waals surface area contributed by atoms with Crippen LogP contribution in [0.2, 0.25) is 0 Å². The summed E-state index contributed by atoms with van der Waals surface area (Å²) in [6.45, 7) is 5.27. The Morgan fingerprint density at radius 2 is 1.86 bits per heavy atom. The zero-order chi connectivity index (χ0) is 21.7. The van der Waals surface area contributed by atoms with Crippen molar-refractivity contribution in [3.05, 3.63) is 35.6 Å². The van der Waals surface area contributed by atoms with Crippen LogP contribution in [0.4, 0.5) is 9.18 Å². The minimum Gasteiger partial charge on any atom is -0.338 e. The van der Waals surface area contributed by atoms with Crippen molar-refractivity contribution in [2.24, 2.45) is 0 Å². The third-order valence-electron chi connectivity index (χ3n) is 5.58. The van der Waals surface area contributed by atoms with Crippen molar-refractivity contribution in [3.63, 3.8) is 0 Å². The number of benzene rings is 1. The summed E-state index contributed by atoms with van der Waals surface area (Å²) in [5.74, 6) is 1.15. The lowest BCUT2D eigenvalue weighted by molar-refractivity contribution is -0.136. The van der Waals surface area contributed by atoms with E-state index in [4.69, 9.17) is 6.42 Å². The molecule has 1 aliphatic heterocycles. The highest BCUT2D eigenvalue weighted by atomic mass is 19.1. The van der Waals surface area contributed by atoms with Crippen LogP contribution in [0.1, 0.15) is 58.4 Å². The van der Waals surface area contributed by atoms with Crippen LogP contribution in [0.5, 0.6) is 0 Å². The van der Waals surface area contributed by atoms with Crippen LogP contribution in [-0.4, -0.2) is 34.8 Å². The smallest absolute Gasteiger partial charge is 0.325 e. The number of nitrogens with one attached hydrogen (secondary N) is 2. The van der Waals surface area contributed by atoms with Gasteiger partial charge < -0.3 is 10.6 Å². The van der Waals surface area contributed by atoms with Crippen molar-refractivity contribution in [3.8, 4) is 12.3 Å². The molecule has 29 heavy (non-hydrogen) atoms. The van der Waals surface area contributed by atoms with Gasteiger partial charge >= 0.3 is 6.03 Å². The molecule has 4 amide bonds. The second-order valence-corrected chi connectivity index (χ2v) is 7.32. The average molecular weight is 401 g/mol. The van der Waals surface area contributed by atoms with E-state index >= 15 is 0 Å². The molecular formula is C22H28FN3O3.